The largest absolute Gasteiger partial charge is 2.00 e. The summed E-state index contributed by atoms with van der Waals surface area (Å²) in [5.41, 5.74) is 8.67. The summed E-state index contributed by atoms with van der Waals surface area (Å²) in [5.74, 6) is 0. The molecule has 0 aliphatic heterocycles. The van der Waals surface area contributed by atoms with Crippen molar-refractivity contribution in [2.45, 2.75) is 0 Å². The number of hydrogen-bond donors (Lipinski definition) is 0. The third-order valence-corrected chi connectivity index (χ3v) is 1.14. The molecule has 0 aromatic heterocycles. The van der Waals surface area contributed by atoms with E-state index in [0.717, 1.165) is 5.56 Å². The third kappa shape index (κ3) is 7.29. The summed E-state index contributed by atoms with van der Waals surface area (Å²) < 4.78 is 4.77. The van der Waals surface area contributed by atoms with E-state index in [4.69, 9.17) is 10.5 Å². The summed E-state index contributed by atoms with van der Waals surface area (Å²) in [6, 6.07) is 7.19. The molecular formula is C9H12NOReW-. The molecule has 13 heavy (non-hydrogen) atoms. The molecule has 1 N–H and O–H groups in total. The first kappa shape index (κ1) is 18.9. The molecule has 0 aliphatic carbocycles. The normalized spacial score (nSPS) is 7.15. The molecule has 0 saturated carbocycles. The smallest absolute Gasteiger partial charge is 0.709 e. The maximum Gasteiger partial charge on any atom is 2.00 e. The molecule has 0 fully saturated rings. The van der Waals surface area contributed by atoms with Gasteiger partial charge in [-0.3, -0.25) is 0 Å². The molecule has 73 valence electrons. The molecule has 0 unspecified atom stereocenters. The molecule has 0 bridgehead atoms. The van der Waals surface area contributed by atoms with Gasteiger partial charge >= 0.3 is 21.1 Å². The number of methoxy groups -OCH3 is 1. The Labute approximate surface area is 108 Å². The molecule has 0 spiro atoms. The molecule has 1 rings (SSSR count). The van der Waals surface area contributed by atoms with Gasteiger partial charge in [-0.2, -0.15) is 17.7 Å². The molecule has 1 aromatic rings. The molecular weight excluding hydrogens is 508 g/mol. The van der Waals surface area contributed by atoms with Gasteiger partial charge in [-0.05, 0) is 0 Å². The van der Waals surface area contributed by atoms with Gasteiger partial charge in [-0.1, -0.05) is 6.61 Å². The van der Waals surface area contributed by atoms with Crippen molar-refractivity contribution in [1.29, 1.82) is 0 Å². The number of ether oxygens (including phenoxy) is 1. The van der Waals surface area contributed by atoms with Crippen molar-refractivity contribution in [2.75, 3.05) is 7.11 Å². The average Bonchev–Trinajstić information content (AvgIpc) is 1.88. The fourth-order valence-electron chi connectivity index (χ4n) is 0.748. The number of benzene rings is 1. The second kappa shape index (κ2) is 10.3. The second-order valence-electron chi connectivity index (χ2n) is 1.98. The number of hydrogen-bond acceptors (Lipinski definition) is 1. The zero-order valence-electron chi connectivity index (χ0n) is 7.58. The molecule has 0 heterocycles. The fourth-order valence-corrected chi connectivity index (χ4v) is 0.748. The molecule has 2 nitrogen and oxygen atoms in total. The van der Waals surface area contributed by atoms with E-state index in [0.29, 0.717) is 5.69 Å². The van der Waals surface area contributed by atoms with Gasteiger partial charge in [0.15, 0.2) is 0 Å². The minimum Gasteiger partial charge on any atom is -0.709 e. The molecule has 4 heteroatoms. The van der Waals surface area contributed by atoms with Gasteiger partial charge in [-0.25, -0.2) is 5.69 Å². The Morgan fingerprint density at radius 3 is 2.46 bits per heavy atom. The van der Waals surface area contributed by atoms with Crippen LogP contribution in [0.5, 0.6) is 0 Å². The number of nitrogens with one attached hydrogen (secondary N) is 1. The van der Waals surface area contributed by atoms with Crippen LogP contribution in [-0.4, -0.2) is 7.11 Å². The Morgan fingerprint density at radius 2 is 2.00 bits per heavy atom. The van der Waals surface area contributed by atoms with E-state index in [-0.39, 0.29) is 48.9 Å². The van der Waals surface area contributed by atoms with Crippen molar-refractivity contribution in [1.82, 2.24) is 0 Å². The van der Waals surface area contributed by atoms with Gasteiger partial charge in [0.2, 0.25) is 0 Å². The topological polar surface area (TPSA) is 33.0 Å². The maximum absolute atomic E-state index is 7.24. The van der Waals surface area contributed by atoms with Crippen molar-refractivity contribution in [3.05, 3.63) is 49.6 Å². The van der Waals surface area contributed by atoms with Gasteiger partial charge in [-0.15, -0.1) is 12.1 Å². The van der Waals surface area contributed by atoms with Gasteiger partial charge in [0.1, 0.15) is 0 Å². The number of rotatable bonds is 2. The second-order valence-corrected chi connectivity index (χ2v) is 1.98. The van der Waals surface area contributed by atoms with Crippen molar-refractivity contribution in [3.8, 4) is 0 Å². The van der Waals surface area contributed by atoms with E-state index in [9.17, 15) is 0 Å². The van der Waals surface area contributed by atoms with Gasteiger partial charge in [0.25, 0.3) is 0 Å². The summed E-state index contributed by atoms with van der Waals surface area (Å²) in [4.78, 5) is 0. The van der Waals surface area contributed by atoms with Crippen LogP contribution in [0.3, 0.4) is 0 Å². The standard InChI is InChI=1S/C8H9NO.CH3.Re.W/c1-10-6-7-3-2-4-8(9)5-7;;;/h2-6,9H,1H3;1H3;;/q-2;-1;;+2. The Morgan fingerprint density at radius 1 is 1.38 bits per heavy atom. The predicted molar refractivity (Wildman–Crippen MR) is 47.2 cm³/mol. The van der Waals surface area contributed by atoms with Crippen LogP contribution in [-0.2, 0) is 46.2 Å². The van der Waals surface area contributed by atoms with Crippen LogP contribution in [0.2, 0.25) is 0 Å². The predicted octanol–water partition coefficient (Wildman–Crippen LogP) is 2.97. The van der Waals surface area contributed by atoms with Gasteiger partial charge < -0.3 is 17.9 Å². The summed E-state index contributed by atoms with van der Waals surface area (Å²) in [6.07, 6.45) is 0. The first-order valence-electron chi connectivity index (χ1n) is 3.00. The Balaban J connectivity index is -0.000000333. The third-order valence-electron chi connectivity index (χ3n) is 1.14. The zero-order valence-corrected chi connectivity index (χ0v) is 13.2. The first-order valence-corrected chi connectivity index (χ1v) is 3.00. The van der Waals surface area contributed by atoms with Crippen molar-refractivity contribution < 1.29 is 46.2 Å². The van der Waals surface area contributed by atoms with Crippen LogP contribution < -0.4 is 0 Å². The molecule has 1 aromatic carbocycles. The van der Waals surface area contributed by atoms with Crippen LogP contribution in [0.25, 0.3) is 5.73 Å². The maximum atomic E-state index is 7.24. The molecule has 1 radical (unpaired) electrons. The Kier molecular flexibility index (Phi) is 14.9. The van der Waals surface area contributed by atoms with E-state index in [1.807, 2.05) is 12.1 Å². The van der Waals surface area contributed by atoms with Crippen LogP contribution in [0.1, 0.15) is 5.56 Å². The molecule has 0 amide bonds. The van der Waals surface area contributed by atoms with Crippen LogP contribution in [0.15, 0.2) is 24.3 Å². The van der Waals surface area contributed by atoms with E-state index in [2.05, 4.69) is 0 Å². The minimum atomic E-state index is 0. The minimum absolute atomic E-state index is 0. The van der Waals surface area contributed by atoms with E-state index >= 15 is 0 Å². The van der Waals surface area contributed by atoms with Gasteiger partial charge in [0.05, 0.1) is 0 Å². The van der Waals surface area contributed by atoms with Crippen LogP contribution in [0.4, 0.5) is 5.69 Å². The summed E-state index contributed by atoms with van der Waals surface area (Å²) in [5, 5.41) is 0. The van der Waals surface area contributed by atoms with E-state index in [1.54, 1.807) is 25.8 Å². The van der Waals surface area contributed by atoms with E-state index in [1.165, 1.54) is 0 Å². The quantitative estimate of drug-likeness (QED) is 0.553. The molecule has 0 aliphatic rings. The van der Waals surface area contributed by atoms with E-state index < -0.39 is 0 Å². The average molecular weight is 520 g/mol. The van der Waals surface area contributed by atoms with Crippen molar-refractivity contribution >= 4 is 5.69 Å². The zero-order chi connectivity index (χ0) is 7.40. The summed E-state index contributed by atoms with van der Waals surface area (Å²) >= 11 is 0. The van der Waals surface area contributed by atoms with Crippen molar-refractivity contribution in [2.24, 2.45) is 0 Å². The molecule has 0 saturated heterocycles. The van der Waals surface area contributed by atoms with Crippen LogP contribution >= 0.6 is 0 Å². The monoisotopic (exact) mass is 521 g/mol. The SMILES string of the molecule is CO[CH-]c1cccc([NH-])c1.[CH3-].[Re].[W+2]. The summed E-state index contributed by atoms with van der Waals surface area (Å²) in [7, 11) is 1.59. The fraction of sp³-hybridized carbons (Fsp3) is 0.111. The Hall–Kier alpha value is 0.201. The Bertz CT molecular complexity index is 221. The van der Waals surface area contributed by atoms with Gasteiger partial charge in [0, 0.05) is 27.5 Å². The van der Waals surface area contributed by atoms with Crippen LogP contribution in [0, 0.1) is 14.0 Å². The van der Waals surface area contributed by atoms with Crippen molar-refractivity contribution in [3.63, 3.8) is 0 Å². The summed E-state index contributed by atoms with van der Waals surface area (Å²) in [6.45, 7) is 1.61. The molecule has 0 atom stereocenters. The first-order chi connectivity index (χ1) is 4.83.